The number of halogens is 1. The number of hydrogen-bond donors (Lipinski definition) is 3. The van der Waals surface area contributed by atoms with Gasteiger partial charge in [0.15, 0.2) is 39.2 Å². The highest BCUT2D eigenvalue weighted by Gasteiger charge is 2.21. The van der Waals surface area contributed by atoms with Crippen LogP contribution in [-0.4, -0.2) is 63.5 Å². The number of ether oxygens (including phenoxy) is 1. The molecule has 4 N–H and O–H groups in total. The fourth-order valence-electron chi connectivity index (χ4n) is 4.08. The molecule has 226 valence electrons. The molecule has 0 bridgehead atoms. The van der Waals surface area contributed by atoms with Crippen molar-refractivity contribution in [2.75, 3.05) is 37.5 Å². The third-order valence-corrected chi connectivity index (χ3v) is 8.45. The lowest BCUT2D eigenvalue weighted by molar-refractivity contribution is 0.0690. The highest BCUT2D eigenvalue weighted by atomic mass is 32.1. The van der Waals surface area contributed by atoms with Crippen molar-refractivity contribution < 1.29 is 19.0 Å². The lowest BCUT2D eigenvalue weighted by Gasteiger charge is -2.15. The Labute approximate surface area is 261 Å². The smallest absolute Gasteiger partial charge is 0.355 e. The SMILES string of the molecule is Cc1cc(N(C)c2nc(C(=O)O)c(CCCOc3ccc(C#CCN(C)N)cc3F)s2)nnc1Nc1nc2ccccc2s1. The van der Waals surface area contributed by atoms with E-state index in [2.05, 4.69) is 37.3 Å². The number of aromatic nitrogens is 4. The summed E-state index contributed by atoms with van der Waals surface area (Å²) in [7, 11) is 3.45. The molecular formula is C30H29FN8O3S2. The van der Waals surface area contributed by atoms with Crippen molar-refractivity contribution in [1.29, 1.82) is 0 Å². The lowest BCUT2D eigenvalue weighted by Crippen LogP contribution is -2.25. The summed E-state index contributed by atoms with van der Waals surface area (Å²) in [6, 6.07) is 14.2. The maximum atomic E-state index is 14.5. The van der Waals surface area contributed by atoms with Gasteiger partial charge >= 0.3 is 5.97 Å². The first-order chi connectivity index (χ1) is 21.2. The second kappa shape index (κ2) is 13.7. The van der Waals surface area contributed by atoms with E-state index in [9.17, 15) is 14.3 Å². The summed E-state index contributed by atoms with van der Waals surface area (Å²) in [6.07, 6.45) is 0.848. The second-order valence-electron chi connectivity index (χ2n) is 9.79. The molecule has 44 heavy (non-hydrogen) atoms. The number of nitrogens with one attached hydrogen (secondary N) is 1. The van der Waals surface area contributed by atoms with Gasteiger partial charge in [-0.3, -0.25) is 5.84 Å². The van der Waals surface area contributed by atoms with Crippen molar-refractivity contribution in [3.63, 3.8) is 0 Å². The second-order valence-corrected chi connectivity index (χ2v) is 11.9. The largest absolute Gasteiger partial charge is 0.491 e. The number of nitrogens with zero attached hydrogens (tertiary/aromatic N) is 6. The fraction of sp³-hybridized carbons (Fsp3) is 0.233. The maximum Gasteiger partial charge on any atom is 0.355 e. The third-order valence-electron chi connectivity index (χ3n) is 6.31. The van der Waals surface area contributed by atoms with Gasteiger partial charge in [-0.2, -0.15) is 0 Å². The molecule has 14 heteroatoms. The predicted molar refractivity (Wildman–Crippen MR) is 171 cm³/mol. The fourth-order valence-corrected chi connectivity index (χ4v) is 6.01. The van der Waals surface area contributed by atoms with Crippen molar-refractivity contribution >= 4 is 60.8 Å². The van der Waals surface area contributed by atoms with E-state index in [1.54, 1.807) is 25.1 Å². The number of thiazole rings is 2. The standard InChI is InChI=1S/C30H29FN8O3S2/c1-18-16-25(36-37-27(18)35-29-33-21-9-4-5-10-23(21)43-29)39(3)30-34-26(28(40)41)24(44-30)11-7-15-42-22-13-12-19(17-20(22)31)8-6-14-38(2)32/h4-5,9-10,12-13,16-17H,7,11,14-15,32H2,1-3H3,(H,40,41)(H,33,35,37). The van der Waals surface area contributed by atoms with E-state index in [4.69, 9.17) is 10.6 Å². The summed E-state index contributed by atoms with van der Waals surface area (Å²) in [5.41, 5.74) is 2.22. The first-order valence-corrected chi connectivity index (χ1v) is 15.1. The highest BCUT2D eigenvalue weighted by Crippen LogP contribution is 2.33. The summed E-state index contributed by atoms with van der Waals surface area (Å²) in [4.78, 5) is 23.2. The van der Waals surface area contributed by atoms with Gasteiger partial charge in [0.25, 0.3) is 0 Å². The third kappa shape index (κ3) is 7.44. The van der Waals surface area contributed by atoms with Crippen molar-refractivity contribution in [1.82, 2.24) is 25.2 Å². The molecule has 0 amide bonds. The number of benzene rings is 2. The number of anilines is 4. The maximum absolute atomic E-state index is 14.5. The Morgan fingerprint density at radius 1 is 1.14 bits per heavy atom. The summed E-state index contributed by atoms with van der Waals surface area (Å²) < 4.78 is 21.2. The average molecular weight is 633 g/mol. The minimum absolute atomic E-state index is 0.0344. The van der Waals surface area contributed by atoms with Gasteiger partial charge in [-0.05, 0) is 61.7 Å². The quantitative estimate of drug-likeness (QED) is 0.0749. The molecular weight excluding hydrogens is 604 g/mol. The molecule has 5 rings (SSSR count). The summed E-state index contributed by atoms with van der Waals surface area (Å²) >= 11 is 2.78. The topological polar surface area (TPSA) is 143 Å². The number of carbonyl (C=O) groups is 1. The van der Waals surface area contributed by atoms with E-state index >= 15 is 0 Å². The number of aromatic carboxylic acids is 1. The Kier molecular flexibility index (Phi) is 9.61. The van der Waals surface area contributed by atoms with E-state index in [1.165, 1.54) is 39.8 Å². The molecule has 0 atom stereocenters. The van der Waals surface area contributed by atoms with Crippen molar-refractivity contribution in [3.8, 4) is 17.6 Å². The minimum atomic E-state index is -1.13. The van der Waals surface area contributed by atoms with Gasteiger partial charge in [0.05, 0.1) is 23.4 Å². The molecule has 0 saturated carbocycles. The number of hydrogen-bond acceptors (Lipinski definition) is 12. The van der Waals surface area contributed by atoms with Crippen LogP contribution in [0.25, 0.3) is 10.2 Å². The van der Waals surface area contributed by atoms with Crippen LogP contribution in [-0.2, 0) is 6.42 Å². The number of hydrazine groups is 1. The molecule has 3 heterocycles. The minimum Gasteiger partial charge on any atom is -0.491 e. The van der Waals surface area contributed by atoms with Gasteiger partial charge in [0.2, 0.25) is 0 Å². The highest BCUT2D eigenvalue weighted by molar-refractivity contribution is 7.22. The van der Waals surface area contributed by atoms with Crippen molar-refractivity contribution in [3.05, 3.63) is 76.0 Å². The molecule has 0 spiro atoms. The van der Waals surface area contributed by atoms with E-state index in [1.807, 2.05) is 37.3 Å². The Hall–Kier alpha value is -4.68. The predicted octanol–water partition coefficient (Wildman–Crippen LogP) is 5.37. The number of aryl methyl sites for hydroxylation is 2. The van der Waals surface area contributed by atoms with Gasteiger partial charge < -0.3 is 20.1 Å². The number of fused-ring (bicyclic) bond motifs is 1. The monoisotopic (exact) mass is 632 g/mol. The van der Waals surface area contributed by atoms with Crippen LogP contribution in [0.15, 0.2) is 48.5 Å². The van der Waals surface area contributed by atoms with Crippen LogP contribution in [0.2, 0.25) is 0 Å². The molecule has 0 aliphatic carbocycles. The number of carboxylic acid groups (broad SMARTS) is 1. The molecule has 11 nitrogen and oxygen atoms in total. The zero-order valence-corrected chi connectivity index (χ0v) is 25.8. The van der Waals surface area contributed by atoms with Gasteiger partial charge in [-0.1, -0.05) is 35.3 Å². The van der Waals surface area contributed by atoms with E-state index in [-0.39, 0.29) is 18.1 Å². The molecule has 3 aromatic heterocycles. The van der Waals surface area contributed by atoms with Gasteiger partial charge in [-0.15, -0.1) is 21.5 Å². The van der Waals surface area contributed by atoms with Gasteiger partial charge in [-0.25, -0.2) is 24.2 Å². The van der Waals surface area contributed by atoms with Crippen LogP contribution < -0.4 is 20.8 Å². The Balaban J connectivity index is 1.21. The molecule has 0 aliphatic heterocycles. The first-order valence-electron chi connectivity index (χ1n) is 13.5. The van der Waals surface area contributed by atoms with Crippen LogP contribution in [0.1, 0.15) is 32.9 Å². The number of carboxylic acids is 1. The normalized spacial score (nSPS) is 11.0. The molecule has 5 aromatic rings. The Morgan fingerprint density at radius 2 is 1.95 bits per heavy atom. The van der Waals surface area contributed by atoms with Crippen LogP contribution in [0.3, 0.4) is 0 Å². The molecule has 0 saturated heterocycles. The molecule has 2 aromatic carbocycles. The molecule has 0 aliphatic rings. The lowest BCUT2D eigenvalue weighted by atomic mass is 10.2. The Morgan fingerprint density at radius 3 is 2.68 bits per heavy atom. The number of para-hydroxylation sites is 1. The molecule has 0 radical (unpaired) electrons. The first kappa shape index (κ1) is 30.8. The van der Waals surface area contributed by atoms with Crippen LogP contribution >= 0.6 is 22.7 Å². The average Bonchev–Trinajstić information content (AvgIpc) is 3.61. The zero-order chi connectivity index (χ0) is 31.2. The summed E-state index contributed by atoms with van der Waals surface area (Å²) in [5.74, 6) is 10.7. The van der Waals surface area contributed by atoms with Gasteiger partial charge in [0, 0.05) is 24.5 Å². The molecule has 0 unspecified atom stereocenters. The Bertz CT molecular complexity index is 1830. The summed E-state index contributed by atoms with van der Waals surface area (Å²) in [5, 5.41) is 24.3. The van der Waals surface area contributed by atoms with Gasteiger partial charge in [0.1, 0.15) is 0 Å². The van der Waals surface area contributed by atoms with Crippen LogP contribution in [0, 0.1) is 24.6 Å². The van der Waals surface area contributed by atoms with Crippen molar-refractivity contribution in [2.24, 2.45) is 5.84 Å². The van der Waals surface area contributed by atoms with Crippen molar-refractivity contribution in [2.45, 2.75) is 19.8 Å². The van der Waals surface area contributed by atoms with E-state index < -0.39 is 11.8 Å². The van der Waals surface area contributed by atoms with Crippen LogP contribution in [0.4, 0.5) is 26.3 Å². The molecule has 0 fully saturated rings. The number of rotatable bonds is 11. The van der Waals surface area contributed by atoms with E-state index in [0.29, 0.717) is 51.7 Å². The van der Waals surface area contributed by atoms with Crippen LogP contribution in [0.5, 0.6) is 5.75 Å². The zero-order valence-electron chi connectivity index (χ0n) is 24.2. The number of nitrogens with two attached hydrogens (primary N) is 1. The van der Waals surface area contributed by atoms with E-state index in [0.717, 1.165) is 15.8 Å². The summed E-state index contributed by atoms with van der Waals surface area (Å²) in [6.45, 7) is 2.45.